The van der Waals surface area contributed by atoms with Gasteiger partial charge in [0.05, 0.1) is 5.69 Å². The van der Waals surface area contributed by atoms with E-state index in [1.165, 1.54) is 19.4 Å². The van der Waals surface area contributed by atoms with Crippen LogP contribution in [-0.4, -0.2) is 76.4 Å². The van der Waals surface area contributed by atoms with E-state index in [2.05, 4.69) is 41.3 Å². The lowest BCUT2D eigenvalue weighted by Crippen LogP contribution is -2.49. The predicted octanol–water partition coefficient (Wildman–Crippen LogP) is 3.12. The Morgan fingerprint density at radius 3 is 2.61 bits per heavy atom. The van der Waals surface area contributed by atoms with Crippen LogP contribution in [0.4, 0.5) is 5.13 Å². The molecule has 0 spiro atoms. The Morgan fingerprint density at radius 1 is 1.25 bits per heavy atom. The summed E-state index contributed by atoms with van der Waals surface area (Å²) in [7, 11) is 0. The Kier molecular flexibility index (Phi) is 6.99. The summed E-state index contributed by atoms with van der Waals surface area (Å²) in [5.74, 6) is 0.365. The van der Waals surface area contributed by atoms with Gasteiger partial charge in [-0.25, -0.2) is 4.98 Å². The molecule has 158 valence electrons. The third-order valence-electron chi connectivity index (χ3n) is 5.84. The highest BCUT2D eigenvalue weighted by molar-refractivity contribution is 7.13. The average Bonchev–Trinajstić information content (AvgIpc) is 3.28. The van der Waals surface area contributed by atoms with E-state index in [1.807, 2.05) is 18.7 Å². The first-order valence-electron chi connectivity index (χ1n) is 10.7. The van der Waals surface area contributed by atoms with Crippen LogP contribution in [-0.2, 0) is 11.3 Å². The summed E-state index contributed by atoms with van der Waals surface area (Å²) in [6.45, 7) is 17.4. The lowest BCUT2D eigenvalue weighted by atomic mass is 10.0. The molecule has 7 heteroatoms. The minimum absolute atomic E-state index is 0.0906. The number of hydrogen-bond acceptors (Lipinski definition) is 6. The molecule has 3 rings (SSSR count). The van der Waals surface area contributed by atoms with Gasteiger partial charge < -0.3 is 10.2 Å². The van der Waals surface area contributed by atoms with Crippen molar-refractivity contribution in [3.8, 4) is 0 Å². The van der Waals surface area contributed by atoms with Crippen LogP contribution in [0.5, 0.6) is 0 Å². The molecular formula is C21H37N5OS. The number of likely N-dealkylation sites (tertiary alicyclic amines) is 1. The summed E-state index contributed by atoms with van der Waals surface area (Å²) in [6, 6.07) is 0.596. The molecule has 0 saturated carbocycles. The molecule has 1 N–H and O–H groups in total. The van der Waals surface area contributed by atoms with Crippen molar-refractivity contribution in [3.63, 3.8) is 0 Å². The Morgan fingerprint density at radius 2 is 1.96 bits per heavy atom. The maximum absolute atomic E-state index is 12.1. The van der Waals surface area contributed by atoms with E-state index in [1.54, 1.807) is 11.3 Å². The van der Waals surface area contributed by atoms with Crippen molar-refractivity contribution in [2.24, 2.45) is 5.92 Å². The first-order chi connectivity index (χ1) is 13.2. The number of carbonyl (C=O) groups excluding carboxylic acids is 1. The highest BCUT2D eigenvalue weighted by Gasteiger charge is 2.32. The normalized spacial score (nSPS) is 22.2. The summed E-state index contributed by atoms with van der Waals surface area (Å²) in [5, 5.41) is 6.78. The average molecular weight is 408 g/mol. The van der Waals surface area contributed by atoms with Crippen molar-refractivity contribution in [2.75, 3.05) is 44.6 Å². The van der Waals surface area contributed by atoms with Gasteiger partial charge in [-0.3, -0.25) is 14.6 Å². The molecule has 2 fully saturated rings. The van der Waals surface area contributed by atoms with Gasteiger partial charge in [-0.1, -0.05) is 13.8 Å². The van der Waals surface area contributed by atoms with Gasteiger partial charge in [-0.05, 0) is 40.2 Å². The van der Waals surface area contributed by atoms with Crippen LogP contribution in [0.3, 0.4) is 0 Å². The summed E-state index contributed by atoms with van der Waals surface area (Å²) in [6.07, 6.45) is 2.56. The van der Waals surface area contributed by atoms with Crippen LogP contribution < -0.4 is 5.32 Å². The van der Waals surface area contributed by atoms with Crippen LogP contribution >= 0.6 is 11.3 Å². The number of carbonyl (C=O) groups is 1. The smallest absolute Gasteiger partial charge is 0.225 e. The number of nitrogens with one attached hydrogen (secondary N) is 1. The first kappa shape index (κ1) is 21.5. The van der Waals surface area contributed by atoms with Crippen molar-refractivity contribution in [1.82, 2.24) is 19.7 Å². The molecule has 1 atom stereocenters. The van der Waals surface area contributed by atoms with Crippen molar-refractivity contribution in [2.45, 2.75) is 65.6 Å². The minimum Gasteiger partial charge on any atom is -0.360 e. The van der Waals surface area contributed by atoms with E-state index < -0.39 is 0 Å². The van der Waals surface area contributed by atoms with Crippen LogP contribution in [0.2, 0.25) is 0 Å². The summed E-state index contributed by atoms with van der Waals surface area (Å²) in [4.78, 5) is 23.9. The minimum atomic E-state index is 0.0906. The van der Waals surface area contributed by atoms with Gasteiger partial charge in [0.25, 0.3) is 0 Å². The standard InChI is InChI=1S/C21H37N5OS/c1-16(2)19(27)25-11-9-24(10-12-25)14-17-15-28-20(23-17)22-13-18-7-6-8-26(18)21(3,4)5/h15-16,18H,6-14H2,1-5H3,(H,22,23). The monoisotopic (exact) mass is 407 g/mol. The van der Waals surface area contributed by atoms with Crippen LogP contribution in [0.15, 0.2) is 5.38 Å². The van der Waals surface area contributed by atoms with Crippen molar-refractivity contribution in [3.05, 3.63) is 11.1 Å². The number of hydrogen-bond donors (Lipinski definition) is 1. The molecule has 3 heterocycles. The van der Waals surface area contributed by atoms with Crippen molar-refractivity contribution >= 4 is 22.4 Å². The van der Waals surface area contributed by atoms with Crippen molar-refractivity contribution in [1.29, 1.82) is 0 Å². The molecule has 2 aliphatic rings. The SMILES string of the molecule is CC(C)C(=O)N1CCN(Cc2csc(NCC3CCCN3C(C)(C)C)n2)CC1. The molecular weight excluding hydrogens is 370 g/mol. The fourth-order valence-corrected chi connectivity index (χ4v) is 5.03. The number of anilines is 1. The van der Waals surface area contributed by atoms with Gasteiger partial charge in [-0.15, -0.1) is 11.3 Å². The second kappa shape index (κ2) is 9.09. The zero-order valence-corrected chi connectivity index (χ0v) is 19.0. The molecule has 0 aromatic carbocycles. The highest BCUT2D eigenvalue weighted by Crippen LogP contribution is 2.27. The molecule has 0 radical (unpaired) electrons. The quantitative estimate of drug-likeness (QED) is 0.785. The molecule has 0 aliphatic carbocycles. The molecule has 2 aliphatic heterocycles. The molecule has 1 aromatic rings. The van der Waals surface area contributed by atoms with Crippen molar-refractivity contribution < 1.29 is 4.79 Å². The van der Waals surface area contributed by atoms with Crippen LogP contribution in [0.1, 0.15) is 53.2 Å². The van der Waals surface area contributed by atoms with E-state index in [0.717, 1.165) is 50.1 Å². The first-order valence-corrected chi connectivity index (χ1v) is 11.6. The molecule has 2 saturated heterocycles. The predicted molar refractivity (Wildman–Crippen MR) is 117 cm³/mol. The Balaban J connectivity index is 1.44. The van der Waals surface area contributed by atoms with Crippen LogP contribution in [0.25, 0.3) is 0 Å². The van der Waals surface area contributed by atoms with E-state index in [9.17, 15) is 4.79 Å². The number of rotatable bonds is 6. The summed E-state index contributed by atoms with van der Waals surface area (Å²) in [5.41, 5.74) is 1.37. The molecule has 1 aromatic heterocycles. The summed E-state index contributed by atoms with van der Waals surface area (Å²) < 4.78 is 0. The molecule has 6 nitrogen and oxygen atoms in total. The summed E-state index contributed by atoms with van der Waals surface area (Å²) >= 11 is 1.71. The number of thiazole rings is 1. The number of amides is 1. The lowest BCUT2D eigenvalue weighted by Gasteiger charge is -2.37. The second-order valence-electron chi connectivity index (χ2n) is 9.44. The fourth-order valence-electron chi connectivity index (χ4n) is 4.32. The second-order valence-corrected chi connectivity index (χ2v) is 10.3. The third-order valence-corrected chi connectivity index (χ3v) is 6.69. The maximum Gasteiger partial charge on any atom is 0.225 e. The van der Waals surface area contributed by atoms with E-state index in [-0.39, 0.29) is 17.4 Å². The highest BCUT2D eigenvalue weighted by atomic mass is 32.1. The lowest BCUT2D eigenvalue weighted by molar-refractivity contribution is -0.136. The molecule has 1 amide bonds. The Bertz CT molecular complexity index is 645. The van der Waals surface area contributed by atoms with Gasteiger partial charge in [0.15, 0.2) is 5.13 Å². The molecule has 1 unspecified atom stereocenters. The van der Waals surface area contributed by atoms with Crippen LogP contribution in [0, 0.1) is 5.92 Å². The number of nitrogens with zero attached hydrogens (tertiary/aromatic N) is 4. The number of piperazine rings is 1. The van der Waals surface area contributed by atoms with E-state index in [4.69, 9.17) is 4.98 Å². The Hall–Kier alpha value is -1.18. The largest absolute Gasteiger partial charge is 0.360 e. The third kappa shape index (κ3) is 5.45. The molecule has 28 heavy (non-hydrogen) atoms. The zero-order chi connectivity index (χ0) is 20.3. The van der Waals surface area contributed by atoms with Gasteiger partial charge >= 0.3 is 0 Å². The number of aromatic nitrogens is 1. The maximum atomic E-state index is 12.1. The van der Waals surface area contributed by atoms with E-state index in [0.29, 0.717) is 6.04 Å². The van der Waals surface area contributed by atoms with Gasteiger partial charge in [-0.2, -0.15) is 0 Å². The van der Waals surface area contributed by atoms with E-state index >= 15 is 0 Å². The topological polar surface area (TPSA) is 51.7 Å². The Labute approximate surface area is 174 Å². The van der Waals surface area contributed by atoms with Gasteiger partial charge in [0, 0.05) is 62.1 Å². The van der Waals surface area contributed by atoms with Gasteiger partial charge in [0.2, 0.25) is 5.91 Å². The zero-order valence-electron chi connectivity index (χ0n) is 18.2. The fraction of sp³-hybridized carbons (Fsp3) is 0.810. The molecule has 0 bridgehead atoms. The van der Waals surface area contributed by atoms with Gasteiger partial charge in [0.1, 0.15) is 0 Å².